The van der Waals surface area contributed by atoms with Gasteiger partial charge in [-0.3, -0.25) is 0 Å². The first-order valence-electron chi connectivity index (χ1n) is 3.40. The van der Waals surface area contributed by atoms with Crippen molar-refractivity contribution in [2.45, 2.75) is 6.42 Å². The van der Waals surface area contributed by atoms with Crippen LogP contribution in [0.3, 0.4) is 0 Å². The van der Waals surface area contributed by atoms with Gasteiger partial charge in [0, 0.05) is 12.3 Å². The molecule has 0 nitrogen and oxygen atoms in total. The number of allylic oxidation sites excluding steroid dienone is 3. The van der Waals surface area contributed by atoms with E-state index < -0.39 is 0 Å². The van der Waals surface area contributed by atoms with E-state index in [1.807, 2.05) is 6.08 Å². The van der Waals surface area contributed by atoms with E-state index in [1.54, 1.807) is 0 Å². The van der Waals surface area contributed by atoms with Gasteiger partial charge in [0.25, 0.3) is 0 Å². The molecule has 0 amide bonds. The minimum Gasteiger partial charge on any atom is -0.0988 e. The van der Waals surface area contributed by atoms with Gasteiger partial charge in [-0.2, -0.15) is 0 Å². The molecule has 0 radical (unpaired) electrons. The number of halogens is 1. The summed E-state index contributed by atoms with van der Waals surface area (Å²) in [6.45, 7) is 7.65. The Bertz CT molecular complexity index is 168. The molecule has 54 valence electrons. The van der Waals surface area contributed by atoms with Crippen LogP contribution in [0, 0.1) is 5.92 Å². The third kappa shape index (κ3) is 1.97. The van der Waals surface area contributed by atoms with E-state index in [-0.39, 0.29) is 0 Å². The maximum atomic E-state index is 3.94. The molecular formula is C9H12I+. The molecule has 0 aromatic rings. The van der Waals surface area contributed by atoms with Gasteiger partial charge in [0.05, 0.1) is 0 Å². The van der Waals surface area contributed by atoms with Crippen LogP contribution >= 0.6 is 0 Å². The largest absolute Gasteiger partial charge is 0.304 e. The van der Waals surface area contributed by atoms with Crippen molar-refractivity contribution in [3.8, 4) is 0 Å². The van der Waals surface area contributed by atoms with Crippen LogP contribution in [0.4, 0.5) is 0 Å². The molecule has 1 heterocycles. The highest BCUT2D eigenvalue weighted by Gasteiger charge is 2.16. The zero-order valence-corrected chi connectivity index (χ0v) is 8.17. The van der Waals surface area contributed by atoms with Crippen molar-refractivity contribution < 1.29 is 21.2 Å². The number of rotatable bonds is 2. The second-order valence-electron chi connectivity index (χ2n) is 2.34. The summed E-state index contributed by atoms with van der Waals surface area (Å²) in [6, 6.07) is 0. The molecule has 0 fully saturated rings. The highest BCUT2D eigenvalue weighted by molar-refractivity contribution is 5.19. The number of alkyl halides is 1. The lowest BCUT2D eigenvalue weighted by Gasteiger charge is -2.09. The first kappa shape index (κ1) is 8.05. The second kappa shape index (κ2) is 3.96. The van der Waals surface area contributed by atoms with Gasteiger partial charge >= 0.3 is 21.2 Å². The van der Waals surface area contributed by atoms with Crippen molar-refractivity contribution in [2.75, 3.05) is 4.43 Å². The average molecular weight is 247 g/mol. The highest BCUT2D eigenvalue weighted by Crippen LogP contribution is 2.14. The van der Waals surface area contributed by atoms with Crippen LogP contribution < -0.4 is 21.2 Å². The second-order valence-corrected chi connectivity index (χ2v) is 5.01. The van der Waals surface area contributed by atoms with Gasteiger partial charge in [-0.15, -0.1) is 0 Å². The fourth-order valence-corrected chi connectivity index (χ4v) is 3.12. The van der Waals surface area contributed by atoms with Crippen LogP contribution in [0.1, 0.15) is 6.42 Å². The molecule has 0 bridgehead atoms. The van der Waals surface area contributed by atoms with Crippen molar-refractivity contribution in [3.63, 3.8) is 0 Å². The summed E-state index contributed by atoms with van der Waals surface area (Å²) in [4.78, 5) is 0. The average Bonchev–Trinajstić information content (AvgIpc) is 2.05. The highest BCUT2D eigenvalue weighted by atomic mass is 127. The van der Waals surface area contributed by atoms with Crippen molar-refractivity contribution >= 4 is 0 Å². The van der Waals surface area contributed by atoms with Crippen LogP contribution in [-0.2, 0) is 0 Å². The Morgan fingerprint density at radius 1 is 1.70 bits per heavy atom. The van der Waals surface area contributed by atoms with Gasteiger partial charge in [-0.25, -0.2) is 0 Å². The van der Waals surface area contributed by atoms with Gasteiger partial charge in [0.1, 0.15) is 8.51 Å². The fraction of sp³-hybridized carbons (Fsp3) is 0.333. The lowest BCUT2D eigenvalue weighted by molar-refractivity contribution is -0.592. The minimum atomic E-state index is 0.401. The molecule has 0 aromatic heterocycles. The monoisotopic (exact) mass is 247 g/mol. The van der Waals surface area contributed by atoms with Crippen molar-refractivity contribution in [3.05, 3.63) is 35.0 Å². The zero-order chi connectivity index (χ0) is 7.40. The summed E-state index contributed by atoms with van der Waals surface area (Å²) in [5.74, 6) is 0.603. The van der Waals surface area contributed by atoms with Crippen LogP contribution in [0.2, 0.25) is 0 Å². The molecule has 0 spiro atoms. The Morgan fingerprint density at radius 3 is 3.00 bits per heavy atom. The summed E-state index contributed by atoms with van der Waals surface area (Å²) in [6.07, 6.45) is 5.47. The van der Waals surface area contributed by atoms with E-state index in [0.717, 1.165) is 0 Å². The van der Waals surface area contributed by atoms with E-state index in [9.17, 15) is 0 Å². The summed E-state index contributed by atoms with van der Waals surface area (Å²) < 4.78 is 3.76. The summed E-state index contributed by atoms with van der Waals surface area (Å²) in [5, 5.41) is 0. The molecule has 1 aliphatic rings. The summed E-state index contributed by atoms with van der Waals surface area (Å²) >= 11 is 0.401. The molecule has 1 atom stereocenters. The normalized spacial score (nSPS) is 24.2. The molecule has 0 N–H and O–H groups in total. The number of hydrogen-bond acceptors (Lipinski definition) is 0. The first-order valence-corrected chi connectivity index (χ1v) is 6.17. The first-order chi connectivity index (χ1) is 4.84. The molecule has 0 saturated carbocycles. The smallest absolute Gasteiger partial charge is 0.0988 e. The van der Waals surface area contributed by atoms with Gasteiger partial charge in [0.2, 0.25) is 0 Å². The quantitative estimate of drug-likeness (QED) is 0.345. The fourth-order valence-electron chi connectivity index (χ4n) is 0.939. The van der Waals surface area contributed by atoms with Crippen molar-refractivity contribution in [1.82, 2.24) is 0 Å². The van der Waals surface area contributed by atoms with E-state index >= 15 is 0 Å². The Morgan fingerprint density at radius 2 is 2.50 bits per heavy atom. The predicted molar refractivity (Wildman–Crippen MR) is 41.5 cm³/mol. The van der Waals surface area contributed by atoms with Crippen LogP contribution in [0.15, 0.2) is 35.0 Å². The Labute approximate surface area is 73.0 Å². The van der Waals surface area contributed by atoms with Gasteiger partial charge < -0.3 is 0 Å². The van der Waals surface area contributed by atoms with Crippen molar-refractivity contribution in [1.29, 1.82) is 0 Å². The Balaban J connectivity index is 2.54. The van der Waals surface area contributed by atoms with Crippen LogP contribution in [0.5, 0.6) is 0 Å². The lowest BCUT2D eigenvalue weighted by atomic mass is 9.98. The summed E-state index contributed by atoms with van der Waals surface area (Å²) in [5.41, 5.74) is 1.18. The molecule has 0 aromatic carbocycles. The topological polar surface area (TPSA) is 0 Å². The Kier molecular flexibility index (Phi) is 3.19. The molecule has 1 unspecified atom stereocenters. The van der Waals surface area contributed by atoms with Gasteiger partial charge in [-0.1, -0.05) is 19.2 Å². The third-order valence-corrected chi connectivity index (χ3v) is 3.83. The Hall–Kier alpha value is -0.0500. The maximum absolute atomic E-state index is 3.94. The van der Waals surface area contributed by atoms with E-state index in [2.05, 4.69) is 23.3 Å². The van der Waals surface area contributed by atoms with Crippen LogP contribution in [-0.4, -0.2) is 4.43 Å². The van der Waals surface area contributed by atoms with Gasteiger partial charge in [0.15, 0.2) is 0 Å². The molecule has 1 aliphatic heterocycles. The SMILES string of the molecule is C=CC(=C)C1C=C[I+]CC1. The maximum Gasteiger partial charge on any atom is 0.304 e. The standard InChI is InChI=1S/C9H12I/c1-3-8(2)9-4-6-10-7-5-9/h3-4,6,9H,1-2,5,7H2/q+1. The molecule has 10 heavy (non-hydrogen) atoms. The van der Waals surface area contributed by atoms with Crippen LogP contribution in [0.25, 0.3) is 0 Å². The minimum absolute atomic E-state index is 0.401. The van der Waals surface area contributed by atoms with E-state index in [0.29, 0.717) is 27.1 Å². The lowest BCUT2D eigenvalue weighted by Crippen LogP contribution is -3.60. The molecular weight excluding hydrogens is 235 g/mol. The summed E-state index contributed by atoms with van der Waals surface area (Å²) in [7, 11) is 0. The molecule has 1 heteroatoms. The third-order valence-electron chi connectivity index (χ3n) is 1.66. The molecule has 0 aliphatic carbocycles. The van der Waals surface area contributed by atoms with Gasteiger partial charge in [-0.05, 0) is 11.6 Å². The van der Waals surface area contributed by atoms with Crippen molar-refractivity contribution in [2.24, 2.45) is 5.92 Å². The van der Waals surface area contributed by atoms with E-state index in [1.165, 1.54) is 16.4 Å². The number of hydrogen-bond donors (Lipinski definition) is 0. The molecule has 1 rings (SSSR count). The zero-order valence-electron chi connectivity index (χ0n) is 6.02. The predicted octanol–water partition coefficient (Wildman–Crippen LogP) is -0.649. The van der Waals surface area contributed by atoms with E-state index in [4.69, 9.17) is 0 Å². The molecule has 0 saturated heterocycles.